The van der Waals surface area contributed by atoms with E-state index in [9.17, 15) is 0 Å². The highest BCUT2D eigenvalue weighted by Gasteiger charge is 2.40. The lowest BCUT2D eigenvalue weighted by atomic mass is 9.98. The molecule has 6 aromatic carbocycles. The van der Waals surface area contributed by atoms with Crippen LogP contribution in [0.1, 0.15) is 0 Å². The first-order valence-corrected chi connectivity index (χ1v) is 17.0. The van der Waals surface area contributed by atoms with Crippen LogP contribution >= 0.6 is 11.6 Å². The van der Waals surface area contributed by atoms with Crippen LogP contribution in [0.25, 0.3) is 43.8 Å². The van der Waals surface area contributed by atoms with Gasteiger partial charge < -0.3 is 9.32 Å². The molecule has 40 heavy (non-hydrogen) atoms. The van der Waals surface area contributed by atoms with Gasteiger partial charge in [0.25, 0.3) is 0 Å². The van der Waals surface area contributed by atoms with Gasteiger partial charge in [0.05, 0.1) is 11.4 Å². The second kappa shape index (κ2) is 8.59. The van der Waals surface area contributed by atoms with E-state index in [-0.39, 0.29) is 0 Å². The zero-order valence-electron chi connectivity index (χ0n) is 22.3. The second-order valence-corrected chi connectivity index (χ2v) is 15.8. The summed E-state index contributed by atoms with van der Waals surface area (Å²) in [5.74, 6) is 0. The largest absolute Gasteiger partial charge is 0.454 e. The molecular weight excluding hydrogens is 526 g/mol. The van der Waals surface area contributed by atoms with E-state index < -0.39 is 8.07 Å². The summed E-state index contributed by atoms with van der Waals surface area (Å²) in [6, 6.07) is 43.1. The van der Waals surface area contributed by atoms with E-state index in [0.29, 0.717) is 0 Å². The number of furan rings is 1. The lowest BCUT2D eigenvalue weighted by Crippen LogP contribution is -2.49. The molecule has 0 saturated carbocycles. The molecule has 0 bridgehead atoms. The molecule has 0 fully saturated rings. The number of fused-ring (bicyclic) bond motifs is 8. The molecule has 7 aromatic rings. The van der Waals surface area contributed by atoms with Crippen molar-refractivity contribution in [2.45, 2.75) is 13.1 Å². The van der Waals surface area contributed by atoms with Gasteiger partial charge in [-0.15, -0.1) is 0 Å². The van der Waals surface area contributed by atoms with Gasteiger partial charge in [-0.3, -0.25) is 0 Å². The third-order valence-electron chi connectivity index (χ3n) is 8.47. The van der Waals surface area contributed by atoms with Gasteiger partial charge in [0.2, 0.25) is 0 Å². The predicted octanol–water partition coefficient (Wildman–Crippen LogP) is 9.67. The van der Waals surface area contributed by atoms with Crippen molar-refractivity contribution in [2.24, 2.45) is 0 Å². The molecule has 0 N–H and O–H groups in total. The number of benzene rings is 6. The maximum atomic E-state index is 6.57. The molecule has 8 rings (SSSR count). The third kappa shape index (κ3) is 3.28. The van der Waals surface area contributed by atoms with Crippen molar-refractivity contribution in [3.8, 4) is 11.1 Å². The van der Waals surface area contributed by atoms with Crippen LogP contribution in [0.3, 0.4) is 0 Å². The molecule has 0 atom stereocenters. The number of para-hydroxylation sites is 3. The third-order valence-corrected chi connectivity index (χ3v) is 12.3. The van der Waals surface area contributed by atoms with Crippen molar-refractivity contribution in [2.75, 3.05) is 4.90 Å². The van der Waals surface area contributed by atoms with Crippen molar-refractivity contribution in [3.63, 3.8) is 0 Å². The lowest BCUT2D eigenvalue weighted by Gasteiger charge is -2.29. The highest BCUT2D eigenvalue weighted by Crippen LogP contribution is 2.46. The molecule has 1 aliphatic heterocycles. The Bertz CT molecular complexity index is 2110. The molecule has 0 amide bonds. The van der Waals surface area contributed by atoms with E-state index in [4.69, 9.17) is 16.0 Å². The van der Waals surface area contributed by atoms with Gasteiger partial charge >= 0.3 is 0 Å². The Balaban J connectivity index is 1.50. The van der Waals surface area contributed by atoms with Crippen LogP contribution in [-0.4, -0.2) is 8.07 Å². The summed E-state index contributed by atoms with van der Waals surface area (Å²) in [7, 11) is -1.98. The number of rotatable bonds is 3. The zero-order chi connectivity index (χ0) is 27.0. The van der Waals surface area contributed by atoms with E-state index in [0.717, 1.165) is 44.0 Å². The van der Waals surface area contributed by atoms with E-state index in [1.807, 2.05) is 18.2 Å². The Kier molecular flexibility index (Phi) is 5.06. The van der Waals surface area contributed by atoms with Crippen LogP contribution < -0.4 is 15.3 Å². The van der Waals surface area contributed by atoms with Crippen LogP contribution in [0.4, 0.5) is 17.1 Å². The first-order valence-electron chi connectivity index (χ1n) is 13.6. The zero-order valence-corrected chi connectivity index (χ0v) is 24.0. The van der Waals surface area contributed by atoms with E-state index in [1.165, 1.54) is 32.3 Å². The summed E-state index contributed by atoms with van der Waals surface area (Å²) in [5, 5.41) is 8.49. The van der Waals surface area contributed by atoms with Gasteiger partial charge in [-0.2, -0.15) is 0 Å². The Hall–Kier alpha value is -4.31. The predicted molar refractivity (Wildman–Crippen MR) is 173 cm³/mol. The fraction of sp³-hybridized carbons (Fsp3) is 0.0556. The van der Waals surface area contributed by atoms with Crippen molar-refractivity contribution < 1.29 is 4.42 Å². The first-order chi connectivity index (χ1) is 19.5. The molecule has 1 aliphatic rings. The topological polar surface area (TPSA) is 16.4 Å². The fourth-order valence-electron chi connectivity index (χ4n) is 6.72. The molecule has 2 heterocycles. The Morgan fingerprint density at radius 3 is 2.12 bits per heavy atom. The van der Waals surface area contributed by atoms with Gasteiger partial charge in [-0.05, 0) is 69.4 Å². The van der Waals surface area contributed by atoms with Crippen LogP contribution in [0.15, 0.2) is 126 Å². The summed E-state index contributed by atoms with van der Waals surface area (Å²) in [4.78, 5) is 2.37. The van der Waals surface area contributed by atoms with E-state index in [1.54, 1.807) is 0 Å². The smallest absolute Gasteiger partial charge is 0.159 e. The van der Waals surface area contributed by atoms with Crippen LogP contribution in [0.5, 0.6) is 0 Å². The normalized spacial score (nSPS) is 13.6. The maximum absolute atomic E-state index is 6.57. The highest BCUT2D eigenvalue weighted by molar-refractivity contribution is 7.05. The monoisotopic (exact) mass is 551 g/mol. The molecule has 2 nitrogen and oxygen atoms in total. The summed E-state index contributed by atoms with van der Waals surface area (Å²) >= 11 is 6.55. The van der Waals surface area contributed by atoms with Gasteiger partial charge in [0, 0.05) is 26.9 Å². The number of halogens is 1. The molecule has 0 spiro atoms. The van der Waals surface area contributed by atoms with Crippen LogP contribution in [-0.2, 0) is 0 Å². The average molecular weight is 552 g/mol. The van der Waals surface area contributed by atoms with Gasteiger partial charge in [0.1, 0.15) is 13.7 Å². The Morgan fingerprint density at radius 2 is 1.30 bits per heavy atom. The number of hydrogen-bond donors (Lipinski definition) is 0. The minimum absolute atomic E-state index is 0.805. The van der Waals surface area contributed by atoms with Crippen LogP contribution in [0.2, 0.25) is 18.1 Å². The maximum Gasteiger partial charge on any atom is 0.159 e. The number of nitrogens with zero attached hydrogens (tertiary/aromatic N) is 1. The van der Waals surface area contributed by atoms with E-state index in [2.05, 4.69) is 121 Å². The van der Waals surface area contributed by atoms with Gasteiger partial charge in [0.15, 0.2) is 5.58 Å². The minimum atomic E-state index is -1.98. The summed E-state index contributed by atoms with van der Waals surface area (Å²) in [6.45, 7) is 4.90. The van der Waals surface area contributed by atoms with Crippen molar-refractivity contribution >= 4 is 79.8 Å². The molecule has 0 radical (unpaired) electrons. The summed E-state index contributed by atoms with van der Waals surface area (Å²) in [6.07, 6.45) is 0. The average Bonchev–Trinajstić information content (AvgIpc) is 3.47. The number of hydrogen-bond acceptors (Lipinski definition) is 2. The van der Waals surface area contributed by atoms with Gasteiger partial charge in [-0.25, -0.2) is 0 Å². The second-order valence-electron chi connectivity index (χ2n) is 11.1. The molecule has 0 aliphatic carbocycles. The SMILES string of the molecule is C[Si]1(C)c2cc(Cl)ccc2-c2cc(N(c3ccccc3)c3cccc4c3oc3ccccc34)c3ccccc3c21. The summed E-state index contributed by atoms with van der Waals surface area (Å²) < 4.78 is 6.57. The quantitative estimate of drug-likeness (QED) is 0.203. The van der Waals surface area contributed by atoms with E-state index >= 15 is 0 Å². The fourth-order valence-corrected chi connectivity index (χ4v) is 10.4. The molecule has 0 unspecified atom stereocenters. The summed E-state index contributed by atoms with van der Waals surface area (Å²) in [5.41, 5.74) is 7.66. The molecule has 192 valence electrons. The molecule has 4 heteroatoms. The highest BCUT2D eigenvalue weighted by atomic mass is 35.5. The standard InChI is InChI=1S/C36H26ClNOSi/c1-40(2)34-21-23(37)19-20-27(34)30-22-32(25-13-6-7-15-29(25)36(30)40)38(24-11-4-3-5-12-24)31-17-10-16-28-26-14-8-9-18-33(26)39-35(28)31/h3-22H,1-2H3. The van der Waals surface area contributed by atoms with Crippen LogP contribution in [0, 0.1) is 0 Å². The Morgan fingerprint density at radius 1 is 0.600 bits per heavy atom. The van der Waals surface area contributed by atoms with Gasteiger partial charge in [-0.1, -0.05) is 104 Å². The van der Waals surface area contributed by atoms with Crippen molar-refractivity contribution in [3.05, 3.63) is 126 Å². The number of anilines is 3. The molecule has 1 aromatic heterocycles. The Labute approximate surface area is 239 Å². The van der Waals surface area contributed by atoms with Crippen molar-refractivity contribution in [1.82, 2.24) is 0 Å². The molecular formula is C36H26ClNOSi. The first kappa shape index (κ1) is 23.6. The van der Waals surface area contributed by atoms with Crippen molar-refractivity contribution in [1.29, 1.82) is 0 Å². The lowest BCUT2D eigenvalue weighted by molar-refractivity contribution is 0.669. The molecule has 0 saturated heterocycles. The minimum Gasteiger partial charge on any atom is -0.454 e.